The molecular weight excluding hydrogens is 304 g/mol. The first-order valence-corrected chi connectivity index (χ1v) is 7.38. The second-order valence-corrected chi connectivity index (χ2v) is 6.53. The largest absolute Gasteiger partial charge is 0.468 e. The Balaban J connectivity index is 2.24. The van der Waals surface area contributed by atoms with E-state index in [1.54, 1.807) is 12.1 Å². The number of hydrogen-bond acceptors (Lipinski definition) is 3. The number of benzene rings is 1. The lowest BCUT2D eigenvalue weighted by Gasteiger charge is -2.13. The quantitative estimate of drug-likeness (QED) is 0.802. The van der Waals surface area contributed by atoms with E-state index in [1.165, 1.54) is 7.11 Å². The van der Waals surface area contributed by atoms with E-state index in [9.17, 15) is 9.00 Å². The Morgan fingerprint density at radius 3 is 2.76 bits per heavy atom. The van der Waals surface area contributed by atoms with Crippen molar-refractivity contribution in [1.29, 1.82) is 0 Å². The van der Waals surface area contributed by atoms with Crippen LogP contribution in [0.2, 0.25) is 0 Å². The summed E-state index contributed by atoms with van der Waals surface area (Å²) in [6, 6.07) is 7.25. The average Bonchev–Trinajstić information content (AvgIpc) is 3.13. The van der Waals surface area contributed by atoms with Crippen molar-refractivity contribution in [2.24, 2.45) is 5.92 Å². The van der Waals surface area contributed by atoms with Crippen LogP contribution in [-0.4, -0.2) is 22.5 Å². The molecular formula is C12H13BrO3S. The molecule has 2 atom stereocenters. The Morgan fingerprint density at radius 2 is 2.24 bits per heavy atom. The van der Waals surface area contributed by atoms with E-state index in [4.69, 9.17) is 4.74 Å². The number of ether oxygens (including phenoxy) is 1. The smallest absolute Gasteiger partial charge is 0.322 e. The summed E-state index contributed by atoms with van der Waals surface area (Å²) < 4.78 is 18.0. The molecule has 0 aromatic heterocycles. The Hall–Kier alpha value is -0.680. The van der Waals surface area contributed by atoms with E-state index in [0.29, 0.717) is 4.90 Å². The summed E-state index contributed by atoms with van der Waals surface area (Å²) in [5.74, 6) is -0.159. The van der Waals surface area contributed by atoms with E-state index >= 15 is 0 Å². The third kappa shape index (κ3) is 2.96. The van der Waals surface area contributed by atoms with Crippen LogP contribution in [0, 0.1) is 5.92 Å². The van der Waals surface area contributed by atoms with Crippen LogP contribution in [0.3, 0.4) is 0 Å². The maximum atomic E-state index is 12.4. The van der Waals surface area contributed by atoms with Gasteiger partial charge in [-0.2, -0.15) is 0 Å². The van der Waals surface area contributed by atoms with E-state index < -0.39 is 16.0 Å². The standard InChI is InChI=1S/C12H13BrO3S/c1-16-12(14)11(8-5-6-8)17(15)10-4-2-3-9(13)7-10/h2-4,7-8,11H,5-6H2,1H3. The van der Waals surface area contributed by atoms with Crippen molar-refractivity contribution in [3.63, 3.8) is 0 Å². The van der Waals surface area contributed by atoms with E-state index in [2.05, 4.69) is 15.9 Å². The number of halogens is 1. The Bertz CT molecular complexity index is 457. The number of methoxy groups -OCH3 is 1. The molecule has 92 valence electrons. The number of esters is 1. The fourth-order valence-electron chi connectivity index (χ4n) is 1.71. The molecule has 17 heavy (non-hydrogen) atoms. The van der Waals surface area contributed by atoms with Gasteiger partial charge in [-0.3, -0.25) is 9.00 Å². The molecule has 0 spiro atoms. The third-order valence-electron chi connectivity index (χ3n) is 2.74. The number of rotatable bonds is 4. The van der Waals surface area contributed by atoms with Gasteiger partial charge in [-0.15, -0.1) is 0 Å². The van der Waals surface area contributed by atoms with Crippen molar-refractivity contribution < 1.29 is 13.7 Å². The molecule has 2 rings (SSSR count). The number of carbonyl (C=O) groups is 1. The van der Waals surface area contributed by atoms with Gasteiger partial charge in [0, 0.05) is 9.37 Å². The lowest BCUT2D eigenvalue weighted by molar-refractivity contribution is -0.140. The van der Waals surface area contributed by atoms with Gasteiger partial charge in [0.2, 0.25) is 0 Å². The second kappa shape index (κ2) is 5.31. The van der Waals surface area contributed by atoms with Crippen molar-refractivity contribution >= 4 is 32.7 Å². The van der Waals surface area contributed by atoms with Crippen LogP contribution in [0.1, 0.15) is 12.8 Å². The summed E-state index contributed by atoms with van der Waals surface area (Å²) in [6.07, 6.45) is 1.92. The lowest BCUT2D eigenvalue weighted by Crippen LogP contribution is -2.29. The Kier molecular flexibility index (Phi) is 3.99. The van der Waals surface area contributed by atoms with Crippen LogP contribution in [0.25, 0.3) is 0 Å². The minimum absolute atomic E-state index is 0.210. The molecule has 0 aliphatic heterocycles. The molecule has 0 radical (unpaired) electrons. The minimum atomic E-state index is -1.33. The number of hydrogen-bond donors (Lipinski definition) is 0. The summed E-state index contributed by atoms with van der Waals surface area (Å²) in [6.45, 7) is 0. The first-order valence-electron chi connectivity index (χ1n) is 5.37. The molecule has 1 aromatic carbocycles. The zero-order valence-electron chi connectivity index (χ0n) is 9.39. The highest BCUT2D eigenvalue weighted by molar-refractivity contribution is 9.10. The van der Waals surface area contributed by atoms with Crippen molar-refractivity contribution in [3.05, 3.63) is 28.7 Å². The van der Waals surface area contributed by atoms with Gasteiger partial charge < -0.3 is 4.74 Å². The predicted molar refractivity (Wildman–Crippen MR) is 69.1 cm³/mol. The molecule has 0 amide bonds. The summed E-state index contributed by atoms with van der Waals surface area (Å²) in [5, 5.41) is -0.519. The summed E-state index contributed by atoms with van der Waals surface area (Å²) in [7, 11) is 0.00948. The zero-order valence-corrected chi connectivity index (χ0v) is 11.8. The second-order valence-electron chi connectivity index (χ2n) is 4.04. The van der Waals surface area contributed by atoms with Gasteiger partial charge >= 0.3 is 5.97 Å². The molecule has 5 heteroatoms. The first kappa shape index (κ1) is 12.8. The monoisotopic (exact) mass is 316 g/mol. The molecule has 0 heterocycles. The SMILES string of the molecule is COC(=O)C(C1CC1)S(=O)c1cccc(Br)c1. The highest BCUT2D eigenvalue weighted by Gasteiger charge is 2.41. The van der Waals surface area contributed by atoms with Crippen molar-refractivity contribution in [2.75, 3.05) is 7.11 Å². The van der Waals surface area contributed by atoms with Crippen LogP contribution in [0.15, 0.2) is 33.6 Å². The summed E-state index contributed by atoms with van der Waals surface area (Å²) in [5.41, 5.74) is 0. The molecule has 1 aromatic rings. The minimum Gasteiger partial charge on any atom is -0.468 e. The van der Waals surface area contributed by atoms with Crippen molar-refractivity contribution in [3.8, 4) is 0 Å². The van der Waals surface area contributed by atoms with Crippen LogP contribution in [-0.2, 0) is 20.3 Å². The average molecular weight is 317 g/mol. The highest BCUT2D eigenvalue weighted by Crippen LogP contribution is 2.37. The van der Waals surface area contributed by atoms with Gasteiger partial charge in [0.15, 0.2) is 0 Å². The van der Waals surface area contributed by atoms with E-state index in [-0.39, 0.29) is 11.9 Å². The summed E-state index contributed by atoms with van der Waals surface area (Å²) >= 11 is 3.34. The van der Waals surface area contributed by atoms with E-state index in [0.717, 1.165) is 17.3 Å². The van der Waals surface area contributed by atoms with Crippen LogP contribution in [0.5, 0.6) is 0 Å². The fourth-order valence-corrected chi connectivity index (χ4v) is 3.90. The fraction of sp³-hybridized carbons (Fsp3) is 0.417. The Morgan fingerprint density at radius 1 is 1.53 bits per heavy atom. The first-order chi connectivity index (χ1) is 8.13. The number of carbonyl (C=O) groups excluding carboxylic acids is 1. The molecule has 2 unspecified atom stereocenters. The molecule has 1 aliphatic rings. The van der Waals surface area contributed by atoms with E-state index in [1.807, 2.05) is 12.1 Å². The Labute approximate surface area is 111 Å². The predicted octanol–water partition coefficient (Wildman–Crippen LogP) is 2.51. The van der Waals surface area contributed by atoms with Crippen LogP contribution < -0.4 is 0 Å². The zero-order chi connectivity index (χ0) is 12.4. The van der Waals surface area contributed by atoms with Crippen LogP contribution >= 0.6 is 15.9 Å². The molecule has 1 fully saturated rings. The topological polar surface area (TPSA) is 43.4 Å². The van der Waals surface area contributed by atoms with Gasteiger partial charge in [-0.05, 0) is 37.0 Å². The van der Waals surface area contributed by atoms with Crippen molar-refractivity contribution in [1.82, 2.24) is 0 Å². The van der Waals surface area contributed by atoms with Gasteiger partial charge in [0.25, 0.3) is 0 Å². The maximum absolute atomic E-state index is 12.4. The van der Waals surface area contributed by atoms with Gasteiger partial charge in [-0.1, -0.05) is 22.0 Å². The molecule has 1 saturated carbocycles. The normalized spacial score (nSPS) is 18.5. The maximum Gasteiger partial charge on any atom is 0.322 e. The third-order valence-corrected chi connectivity index (χ3v) is 4.99. The molecule has 1 aliphatic carbocycles. The van der Waals surface area contributed by atoms with Gasteiger partial charge in [0.05, 0.1) is 17.9 Å². The molecule has 0 saturated heterocycles. The van der Waals surface area contributed by atoms with Gasteiger partial charge in [-0.25, -0.2) is 0 Å². The lowest BCUT2D eigenvalue weighted by atomic mass is 10.3. The molecule has 0 N–H and O–H groups in total. The molecule has 3 nitrogen and oxygen atoms in total. The summed E-state index contributed by atoms with van der Waals surface area (Å²) in [4.78, 5) is 12.3. The van der Waals surface area contributed by atoms with Crippen molar-refractivity contribution in [2.45, 2.75) is 23.0 Å². The van der Waals surface area contributed by atoms with Gasteiger partial charge in [0.1, 0.15) is 5.25 Å². The highest BCUT2D eigenvalue weighted by atomic mass is 79.9. The van der Waals surface area contributed by atoms with Crippen LogP contribution in [0.4, 0.5) is 0 Å². The molecule has 0 bridgehead atoms.